The molecule has 0 bridgehead atoms. The molecule has 0 N–H and O–H groups in total. The first-order valence-electron chi connectivity index (χ1n) is 5.69. The normalized spacial score (nSPS) is 11.9. The Morgan fingerprint density at radius 3 is 2.00 bits per heavy atom. The van der Waals surface area contributed by atoms with E-state index in [0.717, 1.165) is 19.3 Å². The van der Waals surface area contributed by atoms with E-state index in [9.17, 15) is 4.79 Å². The molecule has 0 aromatic heterocycles. The van der Waals surface area contributed by atoms with Crippen LogP contribution in [0.5, 0.6) is 0 Å². The predicted molar refractivity (Wildman–Crippen MR) is 59.1 cm³/mol. The Morgan fingerprint density at radius 2 is 1.71 bits per heavy atom. The van der Waals surface area contributed by atoms with E-state index in [1.165, 1.54) is 0 Å². The zero-order chi connectivity index (χ0) is 11.2. The number of hydrogen-bond donors (Lipinski definition) is 0. The molecule has 0 spiro atoms. The Bertz CT molecular complexity index is 169. The van der Waals surface area contributed by atoms with Crippen LogP contribution in [0, 0.1) is 11.3 Å². The van der Waals surface area contributed by atoms with Crippen molar-refractivity contribution in [1.29, 1.82) is 0 Å². The second-order valence-corrected chi connectivity index (χ2v) is 4.31. The van der Waals surface area contributed by atoms with E-state index < -0.39 is 0 Å². The number of hydrogen-bond acceptors (Lipinski definition) is 2. The Hall–Kier alpha value is -0.530. The van der Waals surface area contributed by atoms with Gasteiger partial charge in [-0.1, -0.05) is 27.7 Å². The zero-order valence-corrected chi connectivity index (χ0v) is 10.2. The van der Waals surface area contributed by atoms with Crippen molar-refractivity contribution in [1.82, 2.24) is 0 Å². The number of ether oxygens (including phenoxy) is 1. The molecule has 0 amide bonds. The van der Waals surface area contributed by atoms with E-state index in [-0.39, 0.29) is 11.4 Å². The molecule has 0 saturated heterocycles. The minimum absolute atomic E-state index is 0.0151. The molecule has 2 nitrogen and oxygen atoms in total. The van der Waals surface area contributed by atoms with Crippen LogP contribution in [0.1, 0.15) is 53.9 Å². The van der Waals surface area contributed by atoms with Crippen LogP contribution in [0.4, 0.5) is 0 Å². The first-order chi connectivity index (χ1) is 6.52. The van der Waals surface area contributed by atoms with Crippen LogP contribution in [-0.4, -0.2) is 12.6 Å². The highest BCUT2D eigenvalue weighted by Crippen LogP contribution is 2.35. The number of rotatable bonds is 6. The highest BCUT2D eigenvalue weighted by Gasteiger charge is 2.36. The van der Waals surface area contributed by atoms with Gasteiger partial charge in [-0.25, -0.2) is 0 Å². The van der Waals surface area contributed by atoms with Gasteiger partial charge in [0.1, 0.15) is 0 Å². The van der Waals surface area contributed by atoms with E-state index in [1.54, 1.807) is 0 Å². The molecule has 2 heteroatoms. The van der Waals surface area contributed by atoms with Gasteiger partial charge in [-0.2, -0.15) is 0 Å². The summed E-state index contributed by atoms with van der Waals surface area (Å²) < 4.78 is 5.15. The van der Waals surface area contributed by atoms with E-state index in [4.69, 9.17) is 4.74 Å². The molecule has 0 aromatic carbocycles. The van der Waals surface area contributed by atoms with Crippen LogP contribution in [0.3, 0.4) is 0 Å². The van der Waals surface area contributed by atoms with Gasteiger partial charge in [0.05, 0.1) is 12.0 Å². The van der Waals surface area contributed by atoms with Crippen LogP contribution in [0.25, 0.3) is 0 Å². The number of esters is 1. The maximum absolute atomic E-state index is 11.8. The molecule has 84 valence electrons. The highest BCUT2D eigenvalue weighted by molar-refractivity contribution is 5.76. The Morgan fingerprint density at radius 1 is 1.21 bits per heavy atom. The van der Waals surface area contributed by atoms with Crippen LogP contribution >= 0.6 is 0 Å². The van der Waals surface area contributed by atoms with Gasteiger partial charge in [0, 0.05) is 0 Å². The third-order valence-electron chi connectivity index (χ3n) is 2.86. The molecular weight excluding hydrogens is 176 g/mol. The maximum atomic E-state index is 11.8. The summed E-state index contributed by atoms with van der Waals surface area (Å²) in [5.41, 5.74) is -0.246. The van der Waals surface area contributed by atoms with Crippen LogP contribution in [0.15, 0.2) is 0 Å². The van der Waals surface area contributed by atoms with Crippen molar-refractivity contribution < 1.29 is 9.53 Å². The molecule has 14 heavy (non-hydrogen) atoms. The van der Waals surface area contributed by atoms with Crippen LogP contribution < -0.4 is 0 Å². The quantitative estimate of drug-likeness (QED) is 0.614. The first kappa shape index (κ1) is 13.5. The summed E-state index contributed by atoms with van der Waals surface area (Å²) in [5, 5.41) is 0. The summed E-state index contributed by atoms with van der Waals surface area (Å²) in [6.07, 6.45) is 2.68. The fourth-order valence-electron chi connectivity index (χ4n) is 1.98. The second kappa shape index (κ2) is 6.05. The molecule has 0 fully saturated rings. The number of carbonyl (C=O) groups is 1. The molecule has 0 unspecified atom stereocenters. The van der Waals surface area contributed by atoms with E-state index in [0.29, 0.717) is 12.5 Å². The van der Waals surface area contributed by atoms with Crippen molar-refractivity contribution in [3.05, 3.63) is 0 Å². The molecule has 0 aliphatic carbocycles. The van der Waals surface area contributed by atoms with Gasteiger partial charge in [0.15, 0.2) is 0 Å². The Kier molecular flexibility index (Phi) is 5.82. The molecule has 0 aromatic rings. The summed E-state index contributed by atoms with van der Waals surface area (Å²) in [6, 6.07) is 0. The van der Waals surface area contributed by atoms with Crippen LogP contribution in [-0.2, 0) is 9.53 Å². The van der Waals surface area contributed by atoms with Gasteiger partial charge in [-0.15, -0.1) is 0 Å². The molecular formula is C12H24O2. The average molecular weight is 200 g/mol. The molecule has 0 saturated carbocycles. The fourth-order valence-corrected chi connectivity index (χ4v) is 1.98. The molecule has 0 heterocycles. The third-order valence-corrected chi connectivity index (χ3v) is 2.86. The summed E-state index contributed by atoms with van der Waals surface area (Å²) in [4.78, 5) is 11.8. The lowest BCUT2D eigenvalue weighted by atomic mass is 9.76. The molecule has 0 radical (unpaired) electrons. The van der Waals surface area contributed by atoms with E-state index in [1.807, 2.05) is 6.92 Å². The van der Waals surface area contributed by atoms with Crippen molar-refractivity contribution in [2.75, 3.05) is 6.61 Å². The second-order valence-electron chi connectivity index (χ2n) is 4.31. The van der Waals surface area contributed by atoms with E-state index >= 15 is 0 Å². The lowest BCUT2D eigenvalue weighted by Gasteiger charge is -2.30. The van der Waals surface area contributed by atoms with E-state index in [2.05, 4.69) is 27.7 Å². The van der Waals surface area contributed by atoms with Crippen molar-refractivity contribution in [2.24, 2.45) is 11.3 Å². The summed E-state index contributed by atoms with van der Waals surface area (Å²) in [5.74, 6) is 0.526. The molecule has 0 atom stereocenters. The van der Waals surface area contributed by atoms with Crippen molar-refractivity contribution in [3.63, 3.8) is 0 Å². The molecule has 0 aliphatic rings. The average Bonchev–Trinajstić information content (AvgIpc) is 2.14. The standard InChI is InChI=1S/C12H24O2/c1-6-12(7-2,9-10(4)5)11(13)14-8-3/h10H,6-9H2,1-5H3. The fraction of sp³-hybridized carbons (Fsp3) is 0.917. The lowest BCUT2D eigenvalue weighted by Crippen LogP contribution is -2.33. The smallest absolute Gasteiger partial charge is 0.312 e. The topological polar surface area (TPSA) is 26.3 Å². The Balaban J connectivity index is 4.59. The minimum Gasteiger partial charge on any atom is -0.466 e. The van der Waals surface area contributed by atoms with Gasteiger partial charge >= 0.3 is 5.97 Å². The minimum atomic E-state index is -0.246. The number of carbonyl (C=O) groups excluding carboxylic acids is 1. The maximum Gasteiger partial charge on any atom is 0.312 e. The largest absolute Gasteiger partial charge is 0.466 e. The summed E-state index contributed by atoms with van der Waals surface area (Å²) in [7, 11) is 0. The third kappa shape index (κ3) is 3.32. The zero-order valence-electron chi connectivity index (χ0n) is 10.2. The Labute approximate surface area is 88.0 Å². The van der Waals surface area contributed by atoms with Crippen molar-refractivity contribution >= 4 is 5.97 Å². The SMILES string of the molecule is CCOC(=O)C(CC)(CC)CC(C)C. The van der Waals surface area contributed by atoms with Crippen molar-refractivity contribution in [2.45, 2.75) is 53.9 Å². The van der Waals surface area contributed by atoms with Crippen LogP contribution in [0.2, 0.25) is 0 Å². The molecule has 0 rings (SSSR count). The summed E-state index contributed by atoms with van der Waals surface area (Å²) >= 11 is 0. The monoisotopic (exact) mass is 200 g/mol. The van der Waals surface area contributed by atoms with Gasteiger partial charge in [0.2, 0.25) is 0 Å². The van der Waals surface area contributed by atoms with Gasteiger partial charge in [0.25, 0.3) is 0 Å². The first-order valence-corrected chi connectivity index (χ1v) is 5.69. The summed E-state index contributed by atoms with van der Waals surface area (Å²) in [6.45, 7) is 10.8. The predicted octanol–water partition coefficient (Wildman–Crippen LogP) is 3.40. The lowest BCUT2D eigenvalue weighted by molar-refractivity contribution is -0.157. The van der Waals surface area contributed by atoms with Gasteiger partial charge in [-0.3, -0.25) is 4.79 Å². The van der Waals surface area contributed by atoms with Crippen molar-refractivity contribution in [3.8, 4) is 0 Å². The molecule has 0 aliphatic heterocycles. The highest BCUT2D eigenvalue weighted by atomic mass is 16.5. The van der Waals surface area contributed by atoms with Gasteiger partial charge in [-0.05, 0) is 32.1 Å². The van der Waals surface area contributed by atoms with Gasteiger partial charge < -0.3 is 4.74 Å².